The van der Waals surface area contributed by atoms with Gasteiger partial charge in [-0.15, -0.1) is 0 Å². The molecule has 1 atom stereocenters. The number of aromatic amines is 1. The number of anilines is 1. The lowest BCUT2D eigenvalue weighted by molar-refractivity contribution is 0.0691. The molecule has 2 N–H and O–H groups in total. The van der Waals surface area contributed by atoms with E-state index in [4.69, 9.17) is 5.11 Å². The first-order chi connectivity index (χ1) is 9.69. The van der Waals surface area contributed by atoms with Gasteiger partial charge in [0.1, 0.15) is 23.5 Å². The monoisotopic (exact) mass is 292 g/mol. The molecule has 2 aromatic rings. The van der Waals surface area contributed by atoms with Crippen LogP contribution in [0.1, 0.15) is 23.8 Å². The van der Waals surface area contributed by atoms with Gasteiger partial charge in [-0.2, -0.15) is 11.8 Å². The van der Waals surface area contributed by atoms with E-state index in [0.29, 0.717) is 10.9 Å². The highest BCUT2D eigenvalue weighted by atomic mass is 32.2. The van der Waals surface area contributed by atoms with Crippen molar-refractivity contribution in [2.75, 3.05) is 23.7 Å². The Kier molecular flexibility index (Phi) is 3.52. The quantitative estimate of drug-likeness (QED) is 0.900. The Bertz CT molecular complexity index is 642. The molecule has 3 rings (SSSR count). The number of carbonyl (C=O) groups is 1. The number of aromatic carboxylic acids is 1. The molecule has 20 heavy (non-hydrogen) atoms. The maximum atomic E-state index is 11.1. The minimum Gasteiger partial charge on any atom is -0.477 e. The van der Waals surface area contributed by atoms with Crippen molar-refractivity contribution in [3.05, 3.63) is 18.1 Å². The summed E-state index contributed by atoms with van der Waals surface area (Å²) in [6.45, 7) is 4.07. The molecule has 0 spiro atoms. The summed E-state index contributed by atoms with van der Waals surface area (Å²) in [5.41, 5.74) is 0.735. The van der Waals surface area contributed by atoms with Crippen molar-refractivity contribution in [2.45, 2.75) is 18.6 Å². The Morgan fingerprint density at radius 3 is 3.20 bits per heavy atom. The van der Waals surface area contributed by atoms with E-state index in [1.807, 2.05) is 11.8 Å². The van der Waals surface area contributed by atoms with Gasteiger partial charge in [-0.25, -0.2) is 14.8 Å². The molecule has 6 nitrogen and oxygen atoms in total. The third-order valence-electron chi connectivity index (χ3n) is 3.53. The summed E-state index contributed by atoms with van der Waals surface area (Å²) in [5.74, 6) is 0.923. The van der Waals surface area contributed by atoms with Crippen LogP contribution in [-0.2, 0) is 0 Å². The van der Waals surface area contributed by atoms with E-state index in [9.17, 15) is 4.79 Å². The highest BCUT2D eigenvalue weighted by molar-refractivity contribution is 8.00. The first-order valence-corrected chi connectivity index (χ1v) is 7.67. The van der Waals surface area contributed by atoms with E-state index in [2.05, 4.69) is 26.8 Å². The van der Waals surface area contributed by atoms with Gasteiger partial charge in [0.25, 0.3) is 0 Å². The van der Waals surface area contributed by atoms with Crippen molar-refractivity contribution in [1.82, 2.24) is 15.0 Å². The molecule has 1 aliphatic heterocycles. The van der Waals surface area contributed by atoms with Gasteiger partial charge in [0.2, 0.25) is 0 Å². The van der Waals surface area contributed by atoms with Crippen molar-refractivity contribution in [3.63, 3.8) is 0 Å². The van der Waals surface area contributed by atoms with Crippen LogP contribution >= 0.6 is 11.8 Å². The number of carboxylic acids is 1. The lowest BCUT2D eigenvalue weighted by Gasteiger charge is -2.32. The number of hydrogen-bond acceptors (Lipinski definition) is 5. The Morgan fingerprint density at radius 2 is 2.45 bits per heavy atom. The van der Waals surface area contributed by atoms with Crippen LogP contribution in [0.3, 0.4) is 0 Å². The summed E-state index contributed by atoms with van der Waals surface area (Å²) in [6, 6.07) is 1.62. The van der Waals surface area contributed by atoms with Crippen LogP contribution in [0.25, 0.3) is 11.0 Å². The molecule has 7 heteroatoms. The number of rotatable bonds is 3. The molecule has 0 aromatic carbocycles. The van der Waals surface area contributed by atoms with Crippen LogP contribution in [-0.4, -0.2) is 50.1 Å². The minimum absolute atomic E-state index is 0.153. The largest absolute Gasteiger partial charge is 0.477 e. The molecular formula is C13H16N4O2S. The SMILES string of the molecule is CCC1CN(c2ncnc3[nH]c(C(=O)O)cc23)CCS1. The van der Waals surface area contributed by atoms with Crippen molar-refractivity contribution in [1.29, 1.82) is 0 Å². The fraction of sp³-hybridized carbons (Fsp3) is 0.462. The molecule has 0 amide bonds. The number of fused-ring (bicyclic) bond motifs is 1. The highest BCUT2D eigenvalue weighted by Crippen LogP contribution is 2.29. The fourth-order valence-corrected chi connectivity index (χ4v) is 3.63. The van der Waals surface area contributed by atoms with Crippen LogP contribution in [0, 0.1) is 0 Å². The van der Waals surface area contributed by atoms with Gasteiger partial charge in [-0.3, -0.25) is 0 Å². The van der Waals surface area contributed by atoms with E-state index < -0.39 is 5.97 Å². The average Bonchev–Trinajstić information content (AvgIpc) is 2.91. The van der Waals surface area contributed by atoms with Gasteiger partial charge in [-0.05, 0) is 12.5 Å². The number of nitrogens with one attached hydrogen (secondary N) is 1. The second-order valence-electron chi connectivity index (χ2n) is 4.79. The third kappa shape index (κ3) is 2.33. The van der Waals surface area contributed by atoms with E-state index in [1.54, 1.807) is 6.07 Å². The zero-order valence-electron chi connectivity index (χ0n) is 11.2. The fourth-order valence-electron chi connectivity index (χ4n) is 2.45. The van der Waals surface area contributed by atoms with E-state index in [1.165, 1.54) is 6.33 Å². The number of carboxylic acid groups (broad SMARTS) is 1. The number of nitrogens with zero attached hydrogens (tertiary/aromatic N) is 3. The smallest absolute Gasteiger partial charge is 0.352 e. The van der Waals surface area contributed by atoms with E-state index >= 15 is 0 Å². The maximum absolute atomic E-state index is 11.1. The first-order valence-electron chi connectivity index (χ1n) is 6.62. The van der Waals surface area contributed by atoms with Gasteiger partial charge in [0, 0.05) is 24.1 Å². The molecule has 1 saturated heterocycles. The molecule has 0 radical (unpaired) electrons. The molecule has 0 aliphatic carbocycles. The zero-order chi connectivity index (χ0) is 14.1. The van der Waals surface area contributed by atoms with Crippen molar-refractivity contribution >= 4 is 34.6 Å². The topological polar surface area (TPSA) is 82.1 Å². The molecule has 1 fully saturated rings. The third-order valence-corrected chi connectivity index (χ3v) is 4.90. The lowest BCUT2D eigenvalue weighted by Crippen LogP contribution is -2.38. The van der Waals surface area contributed by atoms with Gasteiger partial charge >= 0.3 is 5.97 Å². The molecule has 106 valence electrons. The molecule has 0 saturated carbocycles. The van der Waals surface area contributed by atoms with Gasteiger partial charge in [0.15, 0.2) is 0 Å². The average molecular weight is 292 g/mol. The standard InChI is InChI=1S/C13H16N4O2S/c1-2-8-6-17(3-4-20-8)12-9-5-10(13(18)19)16-11(9)14-7-15-12/h5,7-8H,2-4,6H2,1H3,(H,18,19)(H,14,15,16). The summed E-state index contributed by atoms with van der Waals surface area (Å²) in [6.07, 6.45) is 2.62. The summed E-state index contributed by atoms with van der Waals surface area (Å²) in [7, 11) is 0. The molecular weight excluding hydrogens is 276 g/mol. The van der Waals surface area contributed by atoms with Crippen LogP contribution in [0.5, 0.6) is 0 Å². The molecule has 0 bridgehead atoms. The van der Waals surface area contributed by atoms with Crippen molar-refractivity contribution in [3.8, 4) is 0 Å². The van der Waals surface area contributed by atoms with E-state index in [-0.39, 0.29) is 5.69 Å². The normalized spacial score (nSPS) is 19.4. The summed E-state index contributed by atoms with van der Waals surface area (Å²) < 4.78 is 0. The van der Waals surface area contributed by atoms with Gasteiger partial charge < -0.3 is 15.0 Å². The second kappa shape index (κ2) is 5.32. The van der Waals surface area contributed by atoms with E-state index in [0.717, 1.165) is 36.5 Å². The Hall–Kier alpha value is -1.76. The van der Waals surface area contributed by atoms with Crippen LogP contribution in [0.4, 0.5) is 5.82 Å². The number of H-pyrrole nitrogens is 1. The predicted molar refractivity (Wildman–Crippen MR) is 79.6 cm³/mol. The molecule has 1 aliphatic rings. The molecule has 1 unspecified atom stereocenters. The number of hydrogen-bond donors (Lipinski definition) is 2. The summed E-state index contributed by atoms with van der Waals surface area (Å²) in [5, 5.41) is 10.5. The number of aromatic nitrogens is 3. The second-order valence-corrected chi connectivity index (χ2v) is 6.20. The lowest BCUT2D eigenvalue weighted by atomic mass is 10.2. The predicted octanol–water partition coefficient (Wildman–Crippen LogP) is 1.99. The first kappa shape index (κ1) is 13.2. The maximum Gasteiger partial charge on any atom is 0.352 e. The Morgan fingerprint density at radius 1 is 1.60 bits per heavy atom. The van der Waals surface area contributed by atoms with Crippen molar-refractivity contribution < 1.29 is 9.90 Å². The van der Waals surface area contributed by atoms with Gasteiger partial charge in [-0.1, -0.05) is 6.92 Å². The molecule has 2 aromatic heterocycles. The zero-order valence-corrected chi connectivity index (χ0v) is 12.0. The number of thioether (sulfide) groups is 1. The van der Waals surface area contributed by atoms with Gasteiger partial charge in [0.05, 0.1) is 5.39 Å². The summed E-state index contributed by atoms with van der Waals surface area (Å²) >= 11 is 1.99. The Balaban J connectivity index is 2.00. The van der Waals surface area contributed by atoms with Crippen LogP contribution in [0.15, 0.2) is 12.4 Å². The summed E-state index contributed by atoms with van der Waals surface area (Å²) in [4.78, 5) is 24.6. The highest BCUT2D eigenvalue weighted by Gasteiger charge is 2.22. The van der Waals surface area contributed by atoms with Crippen molar-refractivity contribution in [2.24, 2.45) is 0 Å². The molecule has 3 heterocycles. The van der Waals surface area contributed by atoms with Crippen LogP contribution in [0.2, 0.25) is 0 Å². The van der Waals surface area contributed by atoms with Crippen LogP contribution < -0.4 is 4.90 Å². The minimum atomic E-state index is -0.977. The Labute approximate surface area is 120 Å².